The van der Waals surface area contributed by atoms with Gasteiger partial charge in [-0.1, -0.05) is 0 Å². The van der Waals surface area contributed by atoms with Crippen LogP contribution >= 0.6 is 11.3 Å². The number of benzene rings is 1. The normalized spacial score (nSPS) is 18.4. The predicted molar refractivity (Wildman–Crippen MR) is 124 cm³/mol. The lowest BCUT2D eigenvalue weighted by atomic mass is 9.78. The van der Waals surface area contributed by atoms with Crippen molar-refractivity contribution in [3.05, 3.63) is 81.5 Å². The number of nitrogens with two attached hydrogens (primary N) is 1. The van der Waals surface area contributed by atoms with Crippen molar-refractivity contribution in [1.82, 2.24) is 14.8 Å². The number of ether oxygens (including phenoxy) is 1. The second-order valence-corrected chi connectivity index (χ2v) is 8.91. The van der Waals surface area contributed by atoms with Crippen molar-refractivity contribution in [2.75, 3.05) is 12.0 Å². The Morgan fingerprint density at radius 3 is 2.82 bits per heavy atom. The molecule has 0 amide bonds. The molecule has 0 saturated heterocycles. The van der Waals surface area contributed by atoms with E-state index in [9.17, 15) is 10.1 Å². The topological polar surface area (TPSA) is 110 Å². The van der Waals surface area contributed by atoms with Crippen LogP contribution in [-0.4, -0.2) is 27.7 Å². The summed E-state index contributed by atoms with van der Waals surface area (Å²) in [5.74, 6) is 0.712. The Balaban J connectivity index is 1.61. The summed E-state index contributed by atoms with van der Waals surface area (Å²) in [7, 11) is 1.61. The van der Waals surface area contributed by atoms with Gasteiger partial charge < -0.3 is 10.5 Å². The number of ketones is 1. The first-order valence-electron chi connectivity index (χ1n) is 10.6. The van der Waals surface area contributed by atoms with E-state index >= 15 is 0 Å². The summed E-state index contributed by atoms with van der Waals surface area (Å²) in [6, 6.07) is 11.8. The van der Waals surface area contributed by atoms with Crippen molar-refractivity contribution in [2.45, 2.75) is 31.7 Å². The van der Waals surface area contributed by atoms with Crippen LogP contribution in [0.2, 0.25) is 0 Å². The third-order valence-corrected chi connectivity index (χ3v) is 7.06. The van der Waals surface area contributed by atoms with E-state index in [0.29, 0.717) is 29.9 Å². The van der Waals surface area contributed by atoms with Crippen LogP contribution in [0.5, 0.6) is 5.75 Å². The van der Waals surface area contributed by atoms with E-state index in [1.807, 2.05) is 40.6 Å². The van der Waals surface area contributed by atoms with Crippen LogP contribution in [0, 0.1) is 11.3 Å². The molecule has 0 fully saturated rings. The molecular weight excluding hydrogens is 436 g/mol. The number of anilines is 1. The highest BCUT2D eigenvalue weighted by atomic mass is 32.1. The Morgan fingerprint density at radius 2 is 2.12 bits per heavy atom. The highest BCUT2D eigenvalue weighted by molar-refractivity contribution is 7.10. The Kier molecular flexibility index (Phi) is 5.44. The first-order valence-corrected chi connectivity index (χ1v) is 11.5. The molecule has 1 aromatic carbocycles. The molecule has 0 saturated carbocycles. The van der Waals surface area contributed by atoms with E-state index in [1.54, 1.807) is 18.1 Å². The molecule has 1 aliphatic heterocycles. The molecule has 1 atom stereocenters. The zero-order valence-corrected chi connectivity index (χ0v) is 18.9. The molecule has 0 spiro atoms. The minimum Gasteiger partial charge on any atom is -0.497 e. The molecule has 33 heavy (non-hydrogen) atoms. The van der Waals surface area contributed by atoms with Gasteiger partial charge >= 0.3 is 0 Å². The molecule has 0 radical (unpaired) electrons. The Bertz CT molecular complexity index is 1300. The van der Waals surface area contributed by atoms with Crippen molar-refractivity contribution in [1.29, 1.82) is 5.26 Å². The number of hydrogen-bond donors (Lipinski definition) is 1. The molecule has 5 rings (SSSR count). The van der Waals surface area contributed by atoms with Crippen LogP contribution in [0.15, 0.2) is 71.0 Å². The van der Waals surface area contributed by atoms with E-state index in [0.717, 1.165) is 40.4 Å². The van der Waals surface area contributed by atoms with E-state index < -0.39 is 5.92 Å². The molecule has 1 aliphatic carbocycles. The molecule has 166 valence electrons. The third kappa shape index (κ3) is 3.68. The average molecular weight is 459 g/mol. The Labute approximate surface area is 195 Å². The second kappa shape index (κ2) is 8.56. The van der Waals surface area contributed by atoms with Gasteiger partial charge in [0.05, 0.1) is 31.2 Å². The second-order valence-electron chi connectivity index (χ2n) is 7.96. The summed E-state index contributed by atoms with van der Waals surface area (Å²) in [4.78, 5) is 20.0. The number of Topliss-reactive ketones (excluding diaryl/α,β-unsaturated/α-hetero) is 1. The molecular formula is C24H22N6O2S. The number of nitriles is 1. The lowest BCUT2D eigenvalue weighted by Gasteiger charge is -2.39. The van der Waals surface area contributed by atoms with Crippen molar-refractivity contribution in [3.8, 4) is 11.8 Å². The van der Waals surface area contributed by atoms with E-state index in [2.05, 4.69) is 16.2 Å². The first-order chi connectivity index (χ1) is 16.1. The maximum absolute atomic E-state index is 13.2. The van der Waals surface area contributed by atoms with Gasteiger partial charge in [-0.05, 0) is 54.1 Å². The number of carbonyl (C=O) groups is 1. The number of allylic oxidation sites excluding steroid dienone is 3. The van der Waals surface area contributed by atoms with Crippen LogP contribution in [0.4, 0.5) is 5.69 Å². The molecule has 0 unspecified atom stereocenters. The number of nitrogens with zero attached hydrogens (tertiary/aromatic N) is 5. The lowest BCUT2D eigenvalue weighted by Crippen LogP contribution is -2.38. The van der Waals surface area contributed by atoms with Gasteiger partial charge in [0.2, 0.25) is 0 Å². The quantitative estimate of drug-likeness (QED) is 0.621. The van der Waals surface area contributed by atoms with E-state index in [1.165, 1.54) is 17.7 Å². The lowest BCUT2D eigenvalue weighted by molar-refractivity contribution is -0.116. The summed E-state index contributed by atoms with van der Waals surface area (Å²) >= 11 is 1.54. The van der Waals surface area contributed by atoms with Crippen molar-refractivity contribution in [3.63, 3.8) is 0 Å². The summed E-state index contributed by atoms with van der Waals surface area (Å²) < 4.78 is 7.02. The van der Waals surface area contributed by atoms with Crippen LogP contribution < -0.4 is 15.4 Å². The summed E-state index contributed by atoms with van der Waals surface area (Å²) in [6.07, 6.45) is 5.11. The van der Waals surface area contributed by atoms with Crippen molar-refractivity contribution >= 4 is 22.8 Å². The van der Waals surface area contributed by atoms with Gasteiger partial charge in [0, 0.05) is 28.3 Å². The van der Waals surface area contributed by atoms with Gasteiger partial charge in [-0.2, -0.15) is 10.4 Å². The largest absolute Gasteiger partial charge is 0.497 e. The highest BCUT2D eigenvalue weighted by Crippen LogP contribution is 2.47. The standard InChI is InChI=1S/C24H22N6O2S/c1-32-17-7-5-16(6-8-17)30-19-3-2-4-20(31)23(19)22(18(10-25)24(30)26)21-9-15(12-33-21)11-29-14-27-13-28-29/h5-9,12-14,22H,2-4,11,26H2,1H3/t22-/m1/s1. The molecule has 2 N–H and O–H groups in total. The molecule has 0 bridgehead atoms. The van der Waals surface area contributed by atoms with Gasteiger partial charge in [-0.15, -0.1) is 11.3 Å². The minimum atomic E-state index is -0.457. The molecule has 3 heterocycles. The number of methoxy groups -OCH3 is 1. The number of aromatic nitrogens is 3. The van der Waals surface area contributed by atoms with Crippen LogP contribution in [0.1, 0.15) is 35.6 Å². The zero-order chi connectivity index (χ0) is 22.9. The molecule has 2 aliphatic rings. The third-order valence-electron chi connectivity index (χ3n) is 6.01. The van der Waals surface area contributed by atoms with Crippen LogP contribution in [-0.2, 0) is 11.3 Å². The Hall–Kier alpha value is -3.90. The van der Waals surface area contributed by atoms with Gasteiger partial charge in [0.25, 0.3) is 0 Å². The van der Waals surface area contributed by atoms with E-state index in [4.69, 9.17) is 10.5 Å². The average Bonchev–Trinajstić information content (AvgIpc) is 3.51. The van der Waals surface area contributed by atoms with Crippen molar-refractivity contribution < 1.29 is 9.53 Å². The molecule has 3 aromatic rings. The minimum absolute atomic E-state index is 0.0752. The number of carbonyl (C=O) groups excluding carboxylic acids is 1. The van der Waals surface area contributed by atoms with Gasteiger partial charge in [-0.25, -0.2) is 9.67 Å². The maximum atomic E-state index is 13.2. The summed E-state index contributed by atoms with van der Waals surface area (Å²) in [5, 5.41) is 16.3. The molecule has 9 heteroatoms. The summed E-state index contributed by atoms with van der Waals surface area (Å²) in [5.41, 5.74) is 10.4. The fourth-order valence-electron chi connectivity index (χ4n) is 4.53. The van der Waals surface area contributed by atoms with Crippen molar-refractivity contribution in [2.24, 2.45) is 5.73 Å². The van der Waals surface area contributed by atoms with Gasteiger partial charge in [-0.3, -0.25) is 9.69 Å². The smallest absolute Gasteiger partial charge is 0.161 e. The van der Waals surface area contributed by atoms with E-state index in [-0.39, 0.29) is 5.78 Å². The number of thiophene rings is 1. The summed E-state index contributed by atoms with van der Waals surface area (Å²) in [6.45, 7) is 0.572. The maximum Gasteiger partial charge on any atom is 0.161 e. The van der Waals surface area contributed by atoms with Crippen LogP contribution in [0.25, 0.3) is 0 Å². The zero-order valence-electron chi connectivity index (χ0n) is 18.1. The monoisotopic (exact) mass is 458 g/mol. The fourth-order valence-corrected chi connectivity index (χ4v) is 5.55. The number of hydrogen-bond acceptors (Lipinski definition) is 8. The first kappa shape index (κ1) is 21.0. The SMILES string of the molecule is COc1ccc(N2C(N)=C(C#N)[C@H](c3cc(Cn4cncn4)cs3)C3=C2CCCC3=O)cc1. The molecule has 2 aromatic heterocycles. The fraction of sp³-hybridized carbons (Fsp3) is 0.250. The van der Waals surface area contributed by atoms with Gasteiger partial charge in [0.15, 0.2) is 5.78 Å². The van der Waals surface area contributed by atoms with Crippen LogP contribution in [0.3, 0.4) is 0 Å². The Morgan fingerprint density at radius 1 is 1.30 bits per heavy atom. The molecule has 8 nitrogen and oxygen atoms in total. The van der Waals surface area contributed by atoms with Gasteiger partial charge in [0.1, 0.15) is 24.2 Å². The highest BCUT2D eigenvalue weighted by Gasteiger charge is 2.40. The number of rotatable bonds is 5. The predicted octanol–water partition coefficient (Wildman–Crippen LogP) is 3.70.